The van der Waals surface area contributed by atoms with E-state index >= 15 is 0 Å². The number of rotatable bonds is 0. The Bertz CT molecular complexity index is 704. The van der Waals surface area contributed by atoms with Crippen molar-refractivity contribution in [1.29, 1.82) is 0 Å². The molecule has 4 atom stereocenters. The molecule has 1 aliphatic carbocycles. The molecule has 1 amide bonds. The zero-order valence-electron chi connectivity index (χ0n) is 12.7. The summed E-state index contributed by atoms with van der Waals surface area (Å²) >= 11 is 0. The second-order valence-electron chi connectivity index (χ2n) is 7.07. The largest absolute Gasteiger partial charge is 0.454 e. The van der Waals surface area contributed by atoms with Crippen LogP contribution in [0.25, 0.3) is 0 Å². The molecule has 6 heteroatoms. The lowest BCUT2D eigenvalue weighted by Gasteiger charge is -2.39. The number of carbonyl (C=O) groups excluding carboxylic acids is 1. The number of amides is 1. The summed E-state index contributed by atoms with van der Waals surface area (Å²) in [6.45, 7) is 0.884. The highest BCUT2D eigenvalue weighted by atomic mass is 16.7. The van der Waals surface area contributed by atoms with Gasteiger partial charge in [0, 0.05) is 12.5 Å². The van der Waals surface area contributed by atoms with Gasteiger partial charge in [0.25, 0.3) is 0 Å². The van der Waals surface area contributed by atoms with Crippen molar-refractivity contribution in [1.82, 2.24) is 4.90 Å². The number of benzene rings is 1. The minimum Gasteiger partial charge on any atom is -0.454 e. The van der Waals surface area contributed by atoms with E-state index in [2.05, 4.69) is 0 Å². The van der Waals surface area contributed by atoms with E-state index in [9.17, 15) is 15.0 Å². The Labute approximate surface area is 133 Å². The SMILES string of the molecule is O=C1Cc2cc3c(cc2[C@H]2[C@@H](O)[C@@H](O)C[C@]24CCCN14)OCO3. The number of fused-ring (bicyclic) bond motifs is 3. The molecule has 3 aliphatic heterocycles. The molecule has 122 valence electrons. The van der Waals surface area contributed by atoms with Gasteiger partial charge in [-0.05, 0) is 42.5 Å². The van der Waals surface area contributed by atoms with Gasteiger partial charge in [-0.15, -0.1) is 0 Å². The van der Waals surface area contributed by atoms with Crippen LogP contribution >= 0.6 is 0 Å². The monoisotopic (exact) mass is 317 g/mol. The Kier molecular flexibility index (Phi) is 2.60. The first-order valence-corrected chi connectivity index (χ1v) is 8.19. The number of carbonyl (C=O) groups is 1. The third kappa shape index (κ3) is 1.63. The highest BCUT2D eigenvalue weighted by Gasteiger charge is 2.60. The second-order valence-corrected chi connectivity index (χ2v) is 7.07. The van der Waals surface area contributed by atoms with E-state index in [1.165, 1.54) is 0 Å². The van der Waals surface area contributed by atoms with Crippen molar-refractivity contribution in [2.45, 2.75) is 49.3 Å². The number of nitrogens with zero attached hydrogens (tertiary/aromatic N) is 1. The highest BCUT2D eigenvalue weighted by molar-refractivity contribution is 5.82. The molecule has 2 fully saturated rings. The van der Waals surface area contributed by atoms with Gasteiger partial charge in [0.05, 0.1) is 24.2 Å². The normalized spacial score (nSPS) is 37.4. The molecule has 0 radical (unpaired) electrons. The van der Waals surface area contributed by atoms with Crippen LogP contribution in [0.4, 0.5) is 0 Å². The van der Waals surface area contributed by atoms with E-state index in [1.807, 2.05) is 17.0 Å². The molecule has 1 aromatic carbocycles. The minimum absolute atomic E-state index is 0.0754. The first-order valence-electron chi connectivity index (χ1n) is 8.19. The van der Waals surface area contributed by atoms with Crippen LogP contribution < -0.4 is 9.47 Å². The van der Waals surface area contributed by atoms with E-state index in [1.54, 1.807) is 0 Å². The molecule has 3 heterocycles. The van der Waals surface area contributed by atoms with Gasteiger partial charge in [0.15, 0.2) is 11.5 Å². The van der Waals surface area contributed by atoms with Crippen LogP contribution in [0, 0.1) is 0 Å². The topological polar surface area (TPSA) is 79.2 Å². The molecule has 1 saturated heterocycles. The molecular formula is C17H19NO5. The molecule has 2 N–H and O–H groups in total. The molecule has 1 spiro atoms. The van der Waals surface area contributed by atoms with E-state index in [-0.39, 0.29) is 18.6 Å². The van der Waals surface area contributed by atoms with Gasteiger partial charge in [-0.2, -0.15) is 0 Å². The molecule has 6 nitrogen and oxygen atoms in total. The first-order chi connectivity index (χ1) is 11.1. The van der Waals surface area contributed by atoms with Gasteiger partial charge in [-0.3, -0.25) is 4.79 Å². The van der Waals surface area contributed by atoms with Crippen LogP contribution in [0.15, 0.2) is 12.1 Å². The molecule has 4 aliphatic rings. The Morgan fingerprint density at radius 1 is 1.22 bits per heavy atom. The number of hydrogen-bond donors (Lipinski definition) is 2. The standard InChI is InChI=1S/C17H19NO5/c19-11-7-17-2-1-3-18(17)14(20)5-9-4-12-13(23-8-22-12)6-10(9)15(17)16(11)21/h4,6,11,15-16,19,21H,1-3,5,7-8H2/t11-,15-,16-,17+/m0/s1. The van der Waals surface area contributed by atoms with E-state index in [0.29, 0.717) is 30.9 Å². The van der Waals surface area contributed by atoms with Gasteiger partial charge in [-0.25, -0.2) is 0 Å². The number of hydrogen-bond acceptors (Lipinski definition) is 5. The summed E-state index contributed by atoms with van der Waals surface area (Å²) in [6, 6.07) is 3.77. The first kappa shape index (κ1) is 13.6. The number of ether oxygens (including phenoxy) is 2. The summed E-state index contributed by atoms with van der Waals surface area (Å²) in [5.41, 5.74) is 1.34. The van der Waals surface area contributed by atoms with E-state index in [0.717, 1.165) is 24.0 Å². The van der Waals surface area contributed by atoms with Crippen LogP contribution in [0.5, 0.6) is 11.5 Å². The zero-order valence-corrected chi connectivity index (χ0v) is 12.7. The van der Waals surface area contributed by atoms with Crippen LogP contribution in [-0.4, -0.2) is 52.1 Å². The van der Waals surface area contributed by atoms with Gasteiger partial charge in [0.2, 0.25) is 12.7 Å². The van der Waals surface area contributed by atoms with Gasteiger partial charge < -0.3 is 24.6 Å². The van der Waals surface area contributed by atoms with E-state index in [4.69, 9.17) is 9.47 Å². The molecular weight excluding hydrogens is 298 g/mol. The van der Waals surface area contributed by atoms with Crippen molar-refractivity contribution in [2.75, 3.05) is 13.3 Å². The van der Waals surface area contributed by atoms with Gasteiger partial charge >= 0.3 is 0 Å². The van der Waals surface area contributed by atoms with Crippen LogP contribution in [-0.2, 0) is 11.2 Å². The fraction of sp³-hybridized carbons (Fsp3) is 0.588. The van der Waals surface area contributed by atoms with Gasteiger partial charge in [0.1, 0.15) is 0 Å². The number of aliphatic hydroxyl groups excluding tert-OH is 2. The van der Waals surface area contributed by atoms with Crippen LogP contribution in [0.2, 0.25) is 0 Å². The molecule has 0 aromatic heterocycles. The lowest BCUT2D eigenvalue weighted by atomic mass is 9.78. The average Bonchev–Trinajstić information content (AvgIpc) is 3.17. The van der Waals surface area contributed by atoms with Gasteiger partial charge in [-0.1, -0.05) is 0 Å². The predicted octanol–water partition coefficient (Wildman–Crippen LogP) is 0.542. The van der Waals surface area contributed by atoms with E-state index < -0.39 is 17.7 Å². The summed E-state index contributed by atoms with van der Waals surface area (Å²) in [6.07, 6.45) is 0.837. The predicted molar refractivity (Wildman–Crippen MR) is 79.3 cm³/mol. The summed E-state index contributed by atoms with van der Waals surface area (Å²) in [7, 11) is 0. The summed E-state index contributed by atoms with van der Waals surface area (Å²) in [5.74, 6) is 1.12. The summed E-state index contributed by atoms with van der Waals surface area (Å²) in [5, 5.41) is 21.0. The molecule has 23 heavy (non-hydrogen) atoms. The average molecular weight is 317 g/mol. The Hall–Kier alpha value is -1.79. The highest BCUT2D eigenvalue weighted by Crippen LogP contribution is 2.55. The van der Waals surface area contributed by atoms with Crippen molar-refractivity contribution in [3.8, 4) is 11.5 Å². The van der Waals surface area contributed by atoms with Crippen LogP contribution in [0.1, 0.15) is 36.3 Å². The summed E-state index contributed by atoms with van der Waals surface area (Å²) in [4.78, 5) is 14.7. The molecule has 5 rings (SSSR count). The van der Waals surface area contributed by atoms with Crippen molar-refractivity contribution in [3.63, 3.8) is 0 Å². The van der Waals surface area contributed by atoms with Crippen molar-refractivity contribution >= 4 is 5.91 Å². The minimum atomic E-state index is -0.861. The molecule has 0 bridgehead atoms. The quantitative estimate of drug-likeness (QED) is 0.730. The second kappa shape index (κ2) is 4.39. The smallest absolute Gasteiger partial charge is 0.231 e. The summed E-state index contributed by atoms with van der Waals surface area (Å²) < 4.78 is 10.9. The fourth-order valence-electron chi connectivity index (χ4n) is 5.13. The lowest BCUT2D eigenvalue weighted by Crippen LogP contribution is -2.49. The van der Waals surface area contributed by atoms with Crippen LogP contribution in [0.3, 0.4) is 0 Å². The molecule has 1 saturated carbocycles. The van der Waals surface area contributed by atoms with Crippen molar-refractivity contribution < 1.29 is 24.5 Å². The maximum Gasteiger partial charge on any atom is 0.231 e. The third-order valence-corrected chi connectivity index (χ3v) is 6.02. The Morgan fingerprint density at radius 3 is 2.83 bits per heavy atom. The third-order valence-electron chi connectivity index (χ3n) is 6.02. The fourth-order valence-corrected chi connectivity index (χ4v) is 5.13. The van der Waals surface area contributed by atoms with Crippen molar-refractivity contribution in [2.24, 2.45) is 0 Å². The maximum atomic E-state index is 12.8. The van der Waals surface area contributed by atoms with Crippen molar-refractivity contribution in [3.05, 3.63) is 23.3 Å². The maximum absolute atomic E-state index is 12.8. The number of aliphatic hydroxyl groups is 2. The molecule has 0 unspecified atom stereocenters. The Balaban J connectivity index is 1.74. The Morgan fingerprint density at radius 2 is 2.00 bits per heavy atom. The zero-order chi connectivity index (χ0) is 15.8. The molecule has 1 aromatic rings. The lowest BCUT2D eigenvalue weighted by molar-refractivity contribution is -0.134.